The van der Waals surface area contributed by atoms with E-state index >= 15 is 0 Å². The SMILES string of the molecule is CC1(C)CCN(c2ccc(C#N)nc2)C1. The Labute approximate surface area is 90.4 Å². The summed E-state index contributed by atoms with van der Waals surface area (Å²) in [6, 6.07) is 5.79. The van der Waals surface area contributed by atoms with E-state index in [1.165, 1.54) is 6.42 Å². The Balaban J connectivity index is 2.15. The van der Waals surface area contributed by atoms with Gasteiger partial charge in [-0.2, -0.15) is 5.26 Å². The third-order valence-electron chi connectivity index (χ3n) is 2.90. The van der Waals surface area contributed by atoms with Crippen LogP contribution in [0.15, 0.2) is 18.3 Å². The van der Waals surface area contributed by atoms with Crippen molar-refractivity contribution in [1.82, 2.24) is 4.98 Å². The lowest BCUT2D eigenvalue weighted by molar-refractivity contribution is 0.418. The van der Waals surface area contributed by atoms with E-state index in [2.05, 4.69) is 23.7 Å². The predicted molar refractivity (Wildman–Crippen MR) is 59.6 cm³/mol. The molecule has 78 valence electrons. The van der Waals surface area contributed by atoms with E-state index in [4.69, 9.17) is 5.26 Å². The number of nitriles is 1. The molecular weight excluding hydrogens is 186 g/mol. The van der Waals surface area contributed by atoms with Gasteiger partial charge in [-0.05, 0) is 24.0 Å². The highest BCUT2D eigenvalue weighted by molar-refractivity contribution is 5.47. The van der Waals surface area contributed by atoms with Crippen LogP contribution in [0.5, 0.6) is 0 Å². The first-order valence-corrected chi connectivity index (χ1v) is 5.22. The van der Waals surface area contributed by atoms with Crippen LogP contribution in [0.4, 0.5) is 5.69 Å². The van der Waals surface area contributed by atoms with E-state index < -0.39 is 0 Å². The molecule has 0 atom stereocenters. The fourth-order valence-corrected chi connectivity index (χ4v) is 1.97. The molecule has 0 amide bonds. The lowest BCUT2D eigenvalue weighted by Crippen LogP contribution is -2.22. The summed E-state index contributed by atoms with van der Waals surface area (Å²) in [5.41, 5.74) is 2.00. The number of aromatic nitrogens is 1. The lowest BCUT2D eigenvalue weighted by Gasteiger charge is -2.21. The topological polar surface area (TPSA) is 39.9 Å². The number of pyridine rings is 1. The van der Waals surface area contributed by atoms with Crippen LogP contribution in [-0.2, 0) is 0 Å². The van der Waals surface area contributed by atoms with Crippen LogP contribution in [0.25, 0.3) is 0 Å². The lowest BCUT2D eigenvalue weighted by atomic mass is 9.93. The van der Waals surface area contributed by atoms with Gasteiger partial charge in [-0.15, -0.1) is 0 Å². The van der Waals surface area contributed by atoms with Gasteiger partial charge in [0, 0.05) is 13.1 Å². The largest absolute Gasteiger partial charge is 0.370 e. The van der Waals surface area contributed by atoms with Crippen molar-refractivity contribution in [3.8, 4) is 6.07 Å². The van der Waals surface area contributed by atoms with E-state index in [0.29, 0.717) is 11.1 Å². The minimum absolute atomic E-state index is 0.397. The van der Waals surface area contributed by atoms with Crippen LogP contribution in [0.1, 0.15) is 26.0 Å². The Morgan fingerprint density at radius 3 is 2.73 bits per heavy atom. The van der Waals surface area contributed by atoms with Gasteiger partial charge >= 0.3 is 0 Å². The normalized spacial score (nSPS) is 18.9. The number of rotatable bonds is 1. The zero-order chi connectivity index (χ0) is 10.9. The smallest absolute Gasteiger partial charge is 0.140 e. The molecule has 3 heteroatoms. The standard InChI is InChI=1S/C12H15N3/c1-12(2)5-6-15(9-12)11-4-3-10(7-13)14-8-11/h3-4,8H,5-6,9H2,1-2H3. The second-order valence-corrected chi connectivity index (χ2v) is 4.85. The molecule has 1 aliphatic rings. The maximum Gasteiger partial charge on any atom is 0.140 e. The number of hydrogen-bond acceptors (Lipinski definition) is 3. The van der Waals surface area contributed by atoms with E-state index in [-0.39, 0.29) is 0 Å². The van der Waals surface area contributed by atoms with Crippen LogP contribution >= 0.6 is 0 Å². The summed E-state index contributed by atoms with van der Waals surface area (Å²) >= 11 is 0. The van der Waals surface area contributed by atoms with Crippen molar-refractivity contribution in [2.45, 2.75) is 20.3 Å². The molecule has 0 bridgehead atoms. The average Bonchev–Trinajstić information content (AvgIpc) is 2.59. The maximum atomic E-state index is 8.65. The van der Waals surface area contributed by atoms with Crippen molar-refractivity contribution in [2.75, 3.05) is 18.0 Å². The molecule has 0 radical (unpaired) electrons. The summed E-state index contributed by atoms with van der Waals surface area (Å²) in [6.45, 7) is 6.72. The number of nitrogens with zero attached hydrogens (tertiary/aromatic N) is 3. The third kappa shape index (κ3) is 2.10. The summed E-state index contributed by atoms with van der Waals surface area (Å²) in [4.78, 5) is 6.41. The second kappa shape index (κ2) is 3.54. The molecule has 0 unspecified atom stereocenters. The van der Waals surface area contributed by atoms with Crippen molar-refractivity contribution >= 4 is 5.69 Å². The second-order valence-electron chi connectivity index (χ2n) is 4.85. The summed E-state index contributed by atoms with van der Waals surface area (Å²) in [5.74, 6) is 0. The fourth-order valence-electron chi connectivity index (χ4n) is 1.97. The first kappa shape index (κ1) is 9.97. The molecule has 1 fully saturated rings. The summed E-state index contributed by atoms with van der Waals surface area (Å²) in [7, 11) is 0. The molecule has 0 spiro atoms. The van der Waals surface area contributed by atoms with Gasteiger partial charge in [0.15, 0.2) is 0 Å². The van der Waals surface area contributed by atoms with Gasteiger partial charge in [0.05, 0.1) is 11.9 Å². The van der Waals surface area contributed by atoms with Gasteiger partial charge < -0.3 is 4.90 Å². The Bertz CT molecular complexity index is 386. The van der Waals surface area contributed by atoms with Crippen LogP contribution in [-0.4, -0.2) is 18.1 Å². The van der Waals surface area contributed by atoms with Gasteiger partial charge in [0.2, 0.25) is 0 Å². The quantitative estimate of drug-likeness (QED) is 0.699. The van der Waals surface area contributed by atoms with Gasteiger partial charge in [0.25, 0.3) is 0 Å². The molecule has 2 heterocycles. The maximum absolute atomic E-state index is 8.65. The minimum Gasteiger partial charge on any atom is -0.370 e. The fraction of sp³-hybridized carbons (Fsp3) is 0.500. The highest BCUT2D eigenvalue weighted by Gasteiger charge is 2.29. The Hall–Kier alpha value is -1.56. The molecule has 1 saturated heterocycles. The molecule has 1 aromatic heterocycles. The molecule has 0 saturated carbocycles. The van der Waals surface area contributed by atoms with Crippen molar-refractivity contribution < 1.29 is 0 Å². The van der Waals surface area contributed by atoms with Crippen molar-refractivity contribution in [1.29, 1.82) is 5.26 Å². The molecule has 3 nitrogen and oxygen atoms in total. The van der Waals surface area contributed by atoms with Gasteiger partial charge in [0.1, 0.15) is 11.8 Å². The third-order valence-corrected chi connectivity index (χ3v) is 2.90. The highest BCUT2D eigenvalue weighted by Crippen LogP contribution is 2.31. The molecular formula is C12H15N3. The zero-order valence-corrected chi connectivity index (χ0v) is 9.20. The van der Waals surface area contributed by atoms with Gasteiger partial charge in [-0.1, -0.05) is 13.8 Å². The van der Waals surface area contributed by atoms with Crippen LogP contribution < -0.4 is 4.90 Å². The molecule has 1 aromatic rings. The van der Waals surface area contributed by atoms with Crippen LogP contribution in [0.2, 0.25) is 0 Å². The van der Waals surface area contributed by atoms with Crippen LogP contribution in [0.3, 0.4) is 0 Å². The molecule has 15 heavy (non-hydrogen) atoms. The van der Waals surface area contributed by atoms with Crippen molar-refractivity contribution in [3.05, 3.63) is 24.0 Å². The zero-order valence-electron chi connectivity index (χ0n) is 9.20. The van der Waals surface area contributed by atoms with E-state index in [1.807, 2.05) is 12.1 Å². The van der Waals surface area contributed by atoms with E-state index in [9.17, 15) is 0 Å². The number of hydrogen-bond donors (Lipinski definition) is 0. The van der Waals surface area contributed by atoms with E-state index in [0.717, 1.165) is 18.8 Å². The van der Waals surface area contributed by atoms with Gasteiger partial charge in [-0.25, -0.2) is 4.98 Å². The first-order valence-electron chi connectivity index (χ1n) is 5.22. The molecule has 0 N–H and O–H groups in total. The Morgan fingerprint density at radius 2 is 2.27 bits per heavy atom. The highest BCUT2D eigenvalue weighted by atomic mass is 15.2. The Kier molecular flexibility index (Phi) is 2.36. The minimum atomic E-state index is 0.397. The van der Waals surface area contributed by atoms with Crippen molar-refractivity contribution in [2.24, 2.45) is 5.41 Å². The summed E-state index contributed by atoms with van der Waals surface area (Å²) in [6.07, 6.45) is 3.01. The Morgan fingerprint density at radius 1 is 1.47 bits per heavy atom. The monoisotopic (exact) mass is 201 g/mol. The molecule has 0 aromatic carbocycles. The number of anilines is 1. The molecule has 1 aliphatic heterocycles. The van der Waals surface area contributed by atoms with Crippen molar-refractivity contribution in [3.63, 3.8) is 0 Å². The summed E-state index contributed by atoms with van der Waals surface area (Å²) in [5, 5.41) is 8.65. The first-order chi connectivity index (χ1) is 7.11. The van der Waals surface area contributed by atoms with Gasteiger partial charge in [-0.3, -0.25) is 0 Å². The molecule has 0 aliphatic carbocycles. The molecule has 2 rings (SSSR count). The predicted octanol–water partition coefficient (Wildman–Crippen LogP) is 2.19. The summed E-state index contributed by atoms with van der Waals surface area (Å²) < 4.78 is 0. The van der Waals surface area contributed by atoms with E-state index in [1.54, 1.807) is 12.3 Å². The van der Waals surface area contributed by atoms with Crippen LogP contribution in [0, 0.1) is 16.7 Å². The average molecular weight is 201 g/mol.